The molecule has 2 heteroatoms. The molecular formula is C14H20OS. The lowest BCUT2D eigenvalue weighted by atomic mass is 9.91. The highest BCUT2D eigenvalue weighted by Gasteiger charge is 2.23. The molecule has 88 valence electrons. The van der Waals surface area contributed by atoms with Crippen LogP contribution in [-0.2, 0) is 0 Å². The van der Waals surface area contributed by atoms with Crippen molar-refractivity contribution in [1.82, 2.24) is 0 Å². The monoisotopic (exact) mass is 236 g/mol. The first-order valence-electron chi connectivity index (χ1n) is 6.29. The molecule has 1 fully saturated rings. The third-order valence-electron chi connectivity index (χ3n) is 3.53. The molecule has 1 aliphatic carbocycles. The Morgan fingerprint density at radius 2 is 1.81 bits per heavy atom. The smallest absolute Gasteiger partial charge is 0.167 e. The van der Waals surface area contributed by atoms with Crippen LogP contribution in [0.2, 0.25) is 0 Å². The molecule has 0 unspecified atom stereocenters. The Kier molecular flexibility index (Phi) is 3.80. The summed E-state index contributed by atoms with van der Waals surface area (Å²) in [5.74, 6) is 0.707. The summed E-state index contributed by atoms with van der Waals surface area (Å²) in [7, 11) is 0. The molecule has 0 aliphatic heterocycles. The fourth-order valence-electron chi connectivity index (χ4n) is 2.64. The number of carbonyl (C=O) groups is 1. The van der Waals surface area contributed by atoms with Crippen LogP contribution in [0.5, 0.6) is 0 Å². The number of thiophene rings is 1. The maximum atomic E-state index is 12.4. The lowest BCUT2D eigenvalue weighted by Crippen LogP contribution is -2.14. The lowest BCUT2D eigenvalue weighted by Gasteiger charge is -2.12. The maximum Gasteiger partial charge on any atom is 0.167 e. The van der Waals surface area contributed by atoms with Crippen LogP contribution in [0, 0.1) is 19.8 Å². The van der Waals surface area contributed by atoms with Crippen molar-refractivity contribution < 1.29 is 4.79 Å². The summed E-state index contributed by atoms with van der Waals surface area (Å²) < 4.78 is 0. The minimum absolute atomic E-state index is 0.301. The van der Waals surface area contributed by atoms with Crippen LogP contribution in [0.1, 0.15) is 58.6 Å². The number of carbonyl (C=O) groups excluding carboxylic acids is 1. The molecule has 1 heterocycles. The molecule has 0 spiro atoms. The normalized spacial score (nSPS) is 18.4. The fraction of sp³-hybridized carbons (Fsp3) is 0.643. The van der Waals surface area contributed by atoms with Gasteiger partial charge in [-0.25, -0.2) is 0 Å². The Morgan fingerprint density at radius 1 is 1.19 bits per heavy atom. The predicted octanol–water partition coefficient (Wildman–Crippen LogP) is 4.52. The van der Waals surface area contributed by atoms with Gasteiger partial charge in [-0.05, 0) is 32.8 Å². The van der Waals surface area contributed by atoms with E-state index in [9.17, 15) is 4.79 Å². The molecule has 1 saturated carbocycles. The third kappa shape index (κ3) is 2.54. The fourth-order valence-corrected chi connectivity index (χ4v) is 3.57. The van der Waals surface area contributed by atoms with E-state index in [-0.39, 0.29) is 0 Å². The number of hydrogen-bond acceptors (Lipinski definition) is 2. The molecule has 2 rings (SSSR count). The first-order chi connectivity index (χ1) is 7.68. The van der Waals surface area contributed by atoms with E-state index in [0.29, 0.717) is 11.7 Å². The van der Waals surface area contributed by atoms with Crippen molar-refractivity contribution in [1.29, 1.82) is 0 Å². The van der Waals surface area contributed by atoms with Gasteiger partial charge in [0.1, 0.15) is 0 Å². The van der Waals surface area contributed by atoms with Crippen molar-refractivity contribution >= 4 is 17.1 Å². The Labute approximate surface area is 102 Å². The summed E-state index contributed by atoms with van der Waals surface area (Å²) in [6.07, 6.45) is 7.30. The molecule has 0 aromatic carbocycles. The summed E-state index contributed by atoms with van der Waals surface area (Å²) in [6.45, 7) is 4.16. The van der Waals surface area contributed by atoms with Crippen LogP contribution in [0.15, 0.2) is 6.07 Å². The van der Waals surface area contributed by atoms with Gasteiger partial charge in [-0.1, -0.05) is 25.7 Å². The van der Waals surface area contributed by atoms with Gasteiger partial charge in [0.2, 0.25) is 0 Å². The predicted molar refractivity (Wildman–Crippen MR) is 69.3 cm³/mol. The molecule has 0 amide bonds. The minimum Gasteiger partial charge on any atom is -0.294 e. The van der Waals surface area contributed by atoms with Crippen LogP contribution < -0.4 is 0 Å². The number of hydrogen-bond donors (Lipinski definition) is 0. The Bertz CT molecular complexity index is 370. The molecule has 0 atom stereocenters. The molecule has 1 nitrogen and oxygen atoms in total. The van der Waals surface area contributed by atoms with Crippen molar-refractivity contribution in [3.05, 3.63) is 21.4 Å². The van der Waals surface area contributed by atoms with E-state index in [1.54, 1.807) is 11.3 Å². The van der Waals surface area contributed by atoms with E-state index in [1.165, 1.54) is 35.4 Å². The van der Waals surface area contributed by atoms with Gasteiger partial charge in [-0.3, -0.25) is 4.79 Å². The number of aryl methyl sites for hydroxylation is 2. The summed E-state index contributed by atoms with van der Waals surface area (Å²) >= 11 is 1.75. The van der Waals surface area contributed by atoms with Gasteiger partial charge in [-0.15, -0.1) is 11.3 Å². The highest BCUT2D eigenvalue weighted by atomic mass is 32.1. The first-order valence-corrected chi connectivity index (χ1v) is 7.11. The average Bonchev–Trinajstić information content (AvgIpc) is 2.49. The summed E-state index contributed by atoms with van der Waals surface area (Å²) in [6, 6.07) is 2.08. The van der Waals surface area contributed by atoms with Gasteiger partial charge in [0.15, 0.2) is 5.78 Å². The molecule has 16 heavy (non-hydrogen) atoms. The van der Waals surface area contributed by atoms with Gasteiger partial charge < -0.3 is 0 Å². The van der Waals surface area contributed by atoms with Gasteiger partial charge in [-0.2, -0.15) is 0 Å². The summed E-state index contributed by atoms with van der Waals surface area (Å²) in [4.78, 5) is 14.9. The largest absolute Gasteiger partial charge is 0.294 e. The second kappa shape index (κ2) is 5.13. The molecule has 0 bridgehead atoms. The topological polar surface area (TPSA) is 17.1 Å². The van der Waals surface area contributed by atoms with Gasteiger partial charge in [0.25, 0.3) is 0 Å². The summed E-state index contributed by atoms with van der Waals surface area (Å²) in [5, 5.41) is 0. The van der Waals surface area contributed by atoms with E-state index in [2.05, 4.69) is 19.9 Å². The number of ketones is 1. The van der Waals surface area contributed by atoms with E-state index >= 15 is 0 Å². The van der Waals surface area contributed by atoms with E-state index in [4.69, 9.17) is 0 Å². The zero-order valence-electron chi connectivity index (χ0n) is 10.2. The van der Waals surface area contributed by atoms with Crippen LogP contribution >= 0.6 is 11.3 Å². The maximum absolute atomic E-state index is 12.4. The molecule has 1 aromatic heterocycles. The number of Topliss-reactive ketones (excluding diaryl/α,β-unsaturated/α-hetero) is 1. The molecule has 0 N–H and O–H groups in total. The Balaban J connectivity index is 2.14. The second-order valence-corrected chi connectivity index (χ2v) is 6.34. The third-order valence-corrected chi connectivity index (χ3v) is 4.50. The number of rotatable bonds is 2. The van der Waals surface area contributed by atoms with Crippen molar-refractivity contribution in [2.24, 2.45) is 5.92 Å². The molecular weight excluding hydrogens is 216 g/mol. The Hall–Kier alpha value is -0.630. The standard InChI is InChI=1S/C14H20OS/c1-10-9-13(11(2)16-10)14(15)12-7-5-3-4-6-8-12/h9,12H,3-8H2,1-2H3. The van der Waals surface area contributed by atoms with E-state index in [0.717, 1.165) is 18.4 Å². The van der Waals surface area contributed by atoms with Crippen molar-refractivity contribution in [3.63, 3.8) is 0 Å². The van der Waals surface area contributed by atoms with Crippen LogP contribution in [-0.4, -0.2) is 5.78 Å². The van der Waals surface area contributed by atoms with Crippen molar-refractivity contribution in [2.75, 3.05) is 0 Å². The molecule has 0 saturated heterocycles. The van der Waals surface area contributed by atoms with Crippen LogP contribution in [0.25, 0.3) is 0 Å². The van der Waals surface area contributed by atoms with Crippen molar-refractivity contribution in [3.8, 4) is 0 Å². The first kappa shape index (κ1) is 11.8. The summed E-state index contributed by atoms with van der Waals surface area (Å²) in [5.41, 5.74) is 0.995. The van der Waals surface area contributed by atoms with E-state index < -0.39 is 0 Å². The van der Waals surface area contributed by atoms with Crippen LogP contribution in [0.3, 0.4) is 0 Å². The molecule has 1 aliphatic rings. The zero-order valence-corrected chi connectivity index (χ0v) is 11.0. The van der Waals surface area contributed by atoms with Crippen LogP contribution in [0.4, 0.5) is 0 Å². The average molecular weight is 236 g/mol. The highest BCUT2D eigenvalue weighted by Crippen LogP contribution is 2.29. The highest BCUT2D eigenvalue weighted by molar-refractivity contribution is 7.12. The van der Waals surface area contributed by atoms with E-state index in [1.807, 2.05) is 0 Å². The van der Waals surface area contributed by atoms with Crippen molar-refractivity contribution in [2.45, 2.75) is 52.4 Å². The zero-order chi connectivity index (χ0) is 11.5. The second-order valence-electron chi connectivity index (χ2n) is 4.88. The lowest BCUT2D eigenvalue weighted by molar-refractivity contribution is 0.0908. The molecule has 0 radical (unpaired) electrons. The van der Waals surface area contributed by atoms with Gasteiger partial charge in [0.05, 0.1) is 0 Å². The minimum atomic E-state index is 0.301. The molecule has 1 aromatic rings. The Morgan fingerprint density at radius 3 is 2.31 bits per heavy atom. The van der Waals surface area contributed by atoms with Gasteiger partial charge >= 0.3 is 0 Å². The van der Waals surface area contributed by atoms with Gasteiger partial charge in [0, 0.05) is 21.2 Å². The SMILES string of the molecule is Cc1cc(C(=O)C2CCCCCC2)c(C)s1. The quantitative estimate of drug-likeness (QED) is 0.545.